The zero-order valence-electron chi connectivity index (χ0n) is 8.75. The number of aromatic nitrogens is 2. The molecule has 1 aromatic heterocycles. The Morgan fingerprint density at radius 1 is 1.67 bits per heavy atom. The lowest BCUT2D eigenvalue weighted by molar-refractivity contribution is 0.768. The minimum atomic E-state index is -0.0764. The molecule has 1 aliphatic rings. The van der Waals surface area contributed by atoms with Crippen LogP contribution in [-0.4, -0.2) is 15.7 Å². The normalized spacial score (nSPS) is 20.7. The molecule has 0 amide bonds. The van der Waals surface area contributed by atoms with Crippen molar-refractivity contribution in [2.45, 2.75) is 31.4 Å². The van der Waals surface area contributed by atoms with Crippen LogP contribution >= 0.6 is 11.8 Å². The lowest BCUT2D eigenvalue weighted by Crippen LogP contribution is -2.19. The third-order valence-electron chi connectivity index (χ3n) is 2.65. The Kier molecular flexibility index (Phi) is 3.00. The maximum atomic E-state index is 11.7. The van der Waals surface area contributed by atoms with Gasteiger partial charge in [-0.15, -0.1) is 0 Å². The molecule has 2 rings (SSSR count). The molecular formula is C10H15N3OS. The largest absolute Gasteiger partial charge is 0.383 e. The van der Waals surface area contributed by atoms with Crippen LogP contribution in [0.1, 0.15) is 36.4 Å². The summed E-state index contributed by atoms with van der Waals surface area (Å²) in [7, 11) is 0. The first-order valence-electron chi connectivity index (χ1n) is 5.22. The number of anilines is 1. The van der Waals surface area contributed by atoms with Gasteiger partial charge in [-0.2, -0.15) is 11.8 Å². The fourth-order valence-corrected chi connectivity index (χ4v) is 3.04. The Hall–Kier alpha value is -0.970. The Morgan fingerprint density at radius 3 is 3.00 bits per heavy atom. The summed E-state index contributed by atoms with van der Waals surface area (Å²) < 4.78 is 0. The van der Waals surface area contributed by atoms with Crippen molar-refractivity contribution in [1.82, 2.24) is 9.97 Å². The van der Waals surface area contributed by atoms with Gasteiger partial charge in [0.15, 0.2) is 0 Å². The van der Waals surface area contributed by atoms with Crippen molar-refractivity contribution in [1.29, 1.82) is 0 Å². The number of nitrogens with one attached hydrogen (secondary N) is 1. The van der Waals surface area contributed by atoms with E-state index in [2.05, 4.69) is 9.97 Å². The van der Waals surface area contributed by atoms with Gasteiger partial charge in [0.25, 0.3) is 5.56 Å². The predicted molar refractivity (Wildman–Crippen MR) is 63.1 cm³/mol. The molecular weight excluding hydrogens is 210 g/mol. The van der Waals surface area contributed by atoms with Gasteiger partial charge < -0.3 is 10.7 Å². The highest BCUT2D eigenvalue weighted by Crippen LogP contribution is 2.37. The highest BCUT2D eigenvalue weighted by atomic mass is 32.2. The SMILES string of the molecule is CCc1c(N)nc(C2CCCS2)[nH]c1=O. The van der Waals surface area contributed by atoms with Gasteiger partial charge in [0.1, 0.15) is 11.6 Å². The molecule has 1 atom stereocenters. The lowest BCUT2D eigenvalue weighted by Gasteiger charge is -2.09. The molecule has 2 heterocycles. The first-order valence-corrected chi connectivity index (χ1v) is 6.27. The van der Waals surface area contributed by atoms with E-state index < -0.39 is 0 Å². The summed E-state index contributed by atoms with van der Waals surface area (Å²) in [4.78, 5) is 18.8. The van der Waals surface area contributed by atoms with Crippen molar-refractivity contribution in [3.05, 3.63) is 21.7 Å². The van der Waals surface area contributed by atoms with E-state index in [-0.39, 0.29) is 5.56 Å². The topological polar surface area (TPSA) is 71.8 Å². The number of H-pyrrole nitrogens is 1. The summed E-state index contributed by atoms with van der Waals surface area (Å²) in [5.41, 5.74) is 6.28. The summed E-state index contributed by atoms with van der Waals surface area (Å²) >= 11 is 1.84. The molecule has 0 saturated carbocycles. The third kappa shape index (κ3) is 2.02. The number of aromatic amines is 1. The number of rotatable bonds is 2. The average Bonchev–Trinajstić information content (AvgIpc) is 2.69. The van der Waals surface area contributed by atoms with Gasteiger partial charge >= 0.3 is 0 Å². The van der Waals surface area contributed by atoms with E-state index in [1.165, 1.54) is 6.42 Å². The molecule has 0 spiro atoms. The molecule has 1 aliphatic heterocycles. The molecule has 5 heteroatoms. The quantitative estimate of drug-likeness (QED) is 0.799. The Bertz CT molecular complexity index is 410. The fourth-order valence-electron chi connectivity index (χ4n) is 1.82. The lowest BCUT2D eigenvalue weighted by atomic mass is 10.2. The standard InChI is InChI=1S/C10H15N3OS/c1-2-6-8(11)12-9(13-10(6)14)7-4-3-5-15-7/h7H,2-5H2,1H3,(H3,11,12,13,14). The second-order valence-electron chi connectivity index (χ2n) is 3.67. The van der Waals surface area contributed by atoms with Crippen LogP contribution in [0.15, 0.2) is 4.79 Å². The number of nitrogen functional groups attached to an aromatic ring is 1. The number of nitrogens with zero attached hydrogens (tertiary/aromatic N) is 1. The summed E-state index contributed by atoms with van der Waals surface area (Å²) in [6.07, 6.45) is 2.90. The second-order valence-corrected chi connectivity index (χ2v) is 4.98. The maximum Gasteiger partial charge on any atom is 0.256 e. The molecule has 4 nitrogen and oxygen atoms in total. The maximum absolute atomic E-state index is 11.7. The van der Waals surface area contributed by atoms with Crippen LogP contribution in [0.25, 0.3) is 0 Å². The smallest absolute Gasteiger partial charge is 0.256 e. The molecule has 1 aromatic rings. The minimum Gasteiger partial charge on any atom is -0.383 e. The van der Waals surface area contributed by atoms with E-state index in [4.69, 9.17) is 5.73 Å². The highest BCUT2D eigenvalue weighted by Gasteiger charge is 2.21. The Balaban J connectivity index is 2.38. The van der Waals surface area contributed by atoms with Crippen LogP contribution in [0.3, 0.4) is 0 Å². The van der Waals surface area contributed by atoms with E-state index in [0.29, 0.717) is 23.1 Å². The van der Waals surface area contributed by atoms with Gasteiger partial charge in [-0.25, -0.2) is 4.98 Å². The van der Waals surface area contributed by atoms with Crippen molar-refractivity contribution in [2.24, 2.45) is 0 Å². The summed E-state index contributed by atoms with van der Waals surface area (Å²) in [5, 5.41) is 0.325. The van der Waals surface area contributed by atoms with Crippen molar-refractivity contribution < 1.29 is 0 Å². The van der Waals surface area contributed by atoms with E-state index in [1.807, 2.05) is 18.7 Å². The molecule has 0 radical (unpaired) electrons. The van der Waals surface area contributed by atoms with Crippen molar-refractivity contribution in [3.8, 4) is 0 Å². The van der Waals surface area contributed by atoms with Crippen molar-refractivity contribution in [2.75, 3.05) is 11.5 Å². The minimum absolute atomic E-state index is 0.0764. The Morgan fingerprint density at radius 2 is 2.47 bits per heavy atom. The van der Waals surface area contributed by atoms with E-state index in [1.54, 1.807) is 0 Å². The first kappa shape index (κ1) is 10.5. The summed E-state index contributed by atoms with van der Waals surface area (Å²) in [6, 6.07) is 0. The van der Waals surface area contributed by atoms with Crippen molar-refractivity contribution in [3.63, 3.8) is 0 Å². The molecule has 82 valence electrons. The summed E-state index contributed by atoms with van der Waals surface area (Å²) in [5.74, 6) is 2.28. The monoisotopic (exact) mass is 225 g/mol. The van der Waals surface area contributed by atoms with E-state index in [9.17, 15) is 4.79 Å². The van der Waals surface area contributed by atoms with Gasteiger partial charge in [0.2, 0.25) is 0 Å². The van der Waals surface area contributed by atoms with Crippen molar-refractivity contribution >= 4 is 17.6 Å². The van der Waals surface area contributed by atoms with Crippen LogP contribution in [0.2, 0.25) is 0 Å². The molecule has 0 aliphatic carbocycles. The molecule has 15 heavy (non-hydrogen) atoms. The fraction of sp³-hybridized carbons (Fsp3) is 0.600. The third-order valence-corrected chi connectivity index (χ3v) is 4.04. The number of hydrogen-bond acceptors (Lipinski definition) is 4. The van der Waals surface area contributed by atoms with Gasteiger partial charge in [0, 0.05) is 0 Å². The predicted octanol–water partition coefficient (Wildman–Crippen LogP) is 1.48. The molecule has 0 aromatic carbocycles. The number of hydrogen-bond donors (Lipinski definition) is 2. The van der Waals surface area contributed by atoms with E-state index >= 15 is 0 Å². The summed E-state index contributed by atoms with van der Waals surface area (Å²) in [6.45, 7) is 1.91. The molecule has 1 unspecified atom stereocenters. The molecule has 1 fully saturated rings. The van der Waals surface area contributed by atoms with Crippen LogP contribution in [0, 0.1) is 0 Å². The molecule has 1 saturated heterocycles. The second kappa shape index (κ2) is 4.26. The highest BCUT2D eigenvalue weighted by molar-refractivity contribution is 7.99. The van der Waals surface area contributed by atoms with Crippen LogP contribution in [0.4, 0.5) is 5.82 Å². The number of nitrogens with two attached hydrogens (primary N) is 1. The van der Waals surface area contributed by atoms with Crippen LogP contribution in [0.5, 0.6) is 0 Å². The van der Waals surface area contributed by atoms with Gasteiger partial charge in [-0.05, 0) is 25.0 Å². The molecule has 3 N–H and O–H groups in total. The van der Waals surface area contributed by atoms with Gasteiger partial charge in [0.05, 0.1) is 10.8 Å². The number of thioether (sulfide) groups is 1. The van der Waals surface area contributed by atoms with Crippen LogP contribution in [-0.2, 0) is 6.42 Å². The van der Waals surface area contributed by atoms with E-state index in [0.717, 1.165) is 18.0 Å². The van der Waals surface area contributed by atoms with Gasteiger partial charge in [-0.3, -0.25) is 4.79 Å². The average molecular weight is 225 g/mol. The molecule has 0 bridgehead atoms. The van der Waals surface area contributed by atoms with Crippen LogP contribution < -0.4 is 11.3 Å². The zero-order chi connectivity index (χ0) is 10.8. The first-order chi connectivity index (χ1) is 7.22. The van der Waals surface area contributed by atoms with Gasteiger partial charge in [-0.1, -0.05) is 6.92 Å². The zero-order valence-corrected chi connectivity index (χ0v) is 9.56. The Labute approximate surface area is 92.7 Å².